The molecule has 1 fully saturated rings. The van der Waals surface area contributed by atoms with Gasteiger partial charge in [-0.05, 0) is 18.6 Å². The molecule has 1 saturated heterocycles. The van der Waals surface area contributed by atoms with Crippen LogP contribution in [0.1, 0.15) is 18.9 Å². The lowest BCUT2D eigenvalue weighted by atomic mass is 9.96. The van der Waals surface area contributed by atoms with Crippen LogP contribution >= 0.6 is 11.6 Å². The molecule has 21 heavy (non-hydrogen) atoms. The van der Waals surface area contributed by atoms with Gasteiger partial charge in [0, 0.05) is 26.1 Å². The van der Waals surface area contributed by atoms with E-state index in [1.165, 1.54) is 0 Å². The molecule has 0 amide bonds. The van der Waals surface area contributed by atoms with Gasteiger partial charge in [0.1, 0.15) is 5.60 Å². The highest BCUT2D eigenvalue weighted by Crippen LogP contribution is 2.37. The van der Waals surface area contributed by atoms with Crippen molar-refractivity contribution in [2.24, 2.45) is 0 Å². The minimum Gasteiger partial charge on any atom is -0.493 e. The maximum absolute atomic E-state index is 10.4. The van der Waals surface area contributed by atoms with Gasteiger partial charge in [0.2, 0.25) is 0 Å². The number of rotatable bonds is 6. The van der Waals surface area contributed by atoms with E-state index in [2.05, 4.69) is 5.32 Å². The number of aliphatic hydroxyl groups is 1. The van der Waals surface area contributed by atoms with Gasteiger partial charge in [0.25, 0.3) is 0 Å². The largest absolute Gasteiger partial charge is 0.493 e. The summed E-state index contributed by atoms with van der Waals surface area (Å²) in [4.78, 5) is 0. The normalized spacial score (nSPS) is 25.1. The molecular formula is C15H22ClNO4. The van der Waals surface area contributed by atoms with Crippen molar-refractivity contribution in [1.82, 2.24) is 5.32 Å². The summed E-state index contributed by atoms with van der Waals surface area (Å²) in [5, 5.41) is 14.2. The maximum atomic E-state index is 10.4. The van der Waals surface area contributed by atoms with Crippen LogP contribution in [-0.2, 0) is 11.3 Å². The van der Waals surface area contributed by atoms with Gasteiger partial charge in [-0.1, -0.05) is 17.7 Å². The van der Waals surface area contributed by atoms with Gasteiger partial charge in [0.15, 0.2) is 11.5 Å². The van der Waals surface area contributed by atoms with Crippen LogP contribution in [0.2, 0.25) is 5.02 Å². The second-order valence-electron chi connectivity index (χ2n) is 5.24. The summed E-state index contributed by atoms with van der Waals surface area (Å²) in [7, 11) is 3.13. The fourth-order valence-electron chi connectivity index (χ4n) is 2.48. The zero-order valence-electron chi connectivity index (χ0n) is 12.6. The first-order valence-corrected chi connectivity index (χ1v) is 7.33. The van der Waals surface area contributed by atoms with Crippen LogP contribution in [0.25, 0.3) is 0 Å². The molecule has 2 rings (SSSR count). The van der Waals surface area contributed by atoms with Crippen molar-refractivity contribution in [3.05, 3.63) is 22.7 Å². The molecule has 2 unspecified atom stereocenters. The number of hydrogen-bond acceptors (Lipinski definition) is 5. The summed E-state index contributed by atoms with van der Waals surface area (Å²) in [6.45, 7) is 3.47. The molecule has 0 radical (unpaired) electrons. The van der Waals surface area contributed by atoms with Gasteiger partial charge in [0.05, 0.1) is 25.3 Å². The molecule has 118 valence electrons. The third kappa shape index (κ3) is 3.43. The summed E-state index contributed by atoms with van der Waals surface area (Å²) in [6.07, 6.45) is 0.478. The van der Waals surface area contributed by atoms with Gasteiger partial charge in [-0.2, -0.15) is 0 Å². The van der Waals surface area contributed by atoms with E-state index in [1.54, 1.807) is 14.2 Å². The average molecular weight is 316 g/mol. The second kappa shape index (κ2) is 6.83. The average Bonchev–Trinajstić information content (AvgIpc) is 2.80. The highest BCUT2D eigenvalue weighted by Gasteiger charge is 2.38. The number of benzene rings is 1. The van der Waals surface area contributed by atoms with Crippen LogP contribution in [0, 0.1) is 0 Å². The molecule has 1 aliphatic rings. The van der Waals surface area contributed by atoms with Gasteiger partial charge >= 0.3 is 0 Å². The molecule has 1 heterocycles. The Bertz CT molecular complexity index is 497. The summed E-state index contributed by atoms with van der Waals surface area (Å²) in [5.41, 5.74) is 0.0766. The lowest BCUT2D eigenvalue weighted by Gasteiger charge is -2.26. The van der Waals surface area contributed by atoms with E-state index in [0.717, 1.165) is 5.56 Å². The number of ether oxygens (including phenoxy) is 3. The molecule has 0 saturated carbocycles. The van der Waals surface area contributed by atoms with E-state index in [9.17, 15) is 5.11 Å². The monoisotopic (exact) mass is 315 g/mol. The first-order valence-electron chi connectivity index (χ1n) is 6.96. The molecular weight excluding hydrogens is 294 g/mol. The molecule has 0 aromatic heterocycles. The minimum absolute atomic E-state index is 0.161. The fraction of sp³-hybridized carbons (Fsp3) is 0.600. The highest BCUT2D eigenvalue weighted by atomic mass is 35.5. The summed E-state index contributed by atoms with van der Waals surface area (Å²) < 4.78 is 15.9. The number of nitrogens with one attached hydrogen (secondary N) is 1. The Balaban J connectivity index is 2.01. The van der Waals surface area contributed by atoms with Crippen LogP contribution < -0.4 is 14.8 Å². The topological polar surface area (TPSA) is 60.0 Å². The van der Waals surface area contributed by atoms with E-state index in [0.29, 0.717) is 42.6 Å². The Morgan fingerprint density at radius 3 is 2.76 bits per heavy atom. The lowest BCUT2D eigenvalue weighted by molar-refractivity contribution is -0.0262. The van der Waals surface area contributed by atoms with Crippen molar-refractivity contribution in [2.45, 2.75) is 31.6 Å². The van der Waals surface area contributed by atoms with Crippen LogP contribution in [0.15, 0.2) is 12.1 Å². The van der Waals surface area contributed by atoms with Gasteiger partial charge in [-0.3, -0.25) is 0 Å². The maximum Gasteiger partial charge on any atom is 0.179 e. The molecule has 6 heteroatoms. The van der Waals surface area contributed by atoms with Crippen molar-refractivity contribution >= 4 is 11.6 Å². The Morgan fingerprint density at radius 1 is 1.43 bits per heavy atom. The van der Waals surface area contributed by atoms with Crippen LogP contribution in [0.4, 0.5) is 0 Å². The number of hydrogen-bond donors (Lipinski definition) is 2. The molecule has 0 spiro atoms. The van der Waals surface area contributed by atoms with Crippen LogP contribution in [0.5, 0.6) is 11.5 Å². The van der Waals surface area contributed by atoms with Crippen LogP contribution in [-0.4, -0.2) is 44.2 Å². The Morgan fingerprint density at radius 2 is 2.19 bits per heavy atom. The fourth-order valence-corrected chi connectivity index (χ4v) is 2.78. The predicted molar refractivity (Wildman–Crippen MR) is 81.2 cm³/mol. The summed E-state index contributed by atoms with van der Waals surface area (Å²) >= 11 is 6.32. The molecule has 2 atom stereocenters. The Labute approximate surface area is 130 Å². The first-order chi connectivity index (χ1) is 10.0. The zero-order valence-corrected chi connectivity index (χ0v) is 13.4. The molecule has 1 aliphatic heterocycles. The quantitative estimate of drug-likeness (QED) is 0.840. The predicted octanol–water partition coefficient (Wildman–Crippen LogP) is 1.99. The molecule has 1 aromatic rings. The number of halogens is 1. The van der Waals surface area contributed by atoms with Crippen LogP contribution in [0.3, 0.4) is 0 Å². The molecule has 0 bridgehead atoms. The van der Waals surface area contributed by atoms with Crippen molar-refractivity contribution in [2.75, 3.05) is 27.4 Å². The van der Waals surface area contributed by atoms with Crippen molar-refractivity contribution < 1.29 is 19.3 Å². The summed E-state index contributed by atoms with van der Waals surface area (Å²) in [6, 6.07) is 3.70. The Hall–Kier alpha value is -1.01. The van der Waals surface area contributed by atoms with Crippen molar-refractivity contribution in [3.8, 4) is 11.5 Å². The van der Waals surface area contributed by atoms with Crippen molar-refractivity contribution in [1.29, 1.82) is 0 Å². The van der Waals surface area contributed by atoms with E-state index in [1.807, 2.05) is 19.1 Å². The Kier molecular flexibility index (Phi) is 5.32. The van der Waals surface area contributed by atoms with Gasteiger partial charge < -0.3 is 24.6 Å². The van der Waals surface area contributed by atoms with E-state index >= 15 is 0 Å². The highest BCUT2D eigenvalue weighted by molar-refractivity contribution is 6.33. The molecule has 2 N–H and O–H groups in total. The van der Waals surface area contributed by atoms with Gasteiger partial charge in [-0.25, -0.2) is 0 Å². The van der Waals surface area contributed by atoms with E-state index in [-0.39, 0.29) is 6.10 Å². The molecule has 1 aromatic carbocycles. The standard InChI is InChI=1S/C15H22ClNO4/c1-10-15(18,6-7-21-10)9-17-8-11-4-5-12(19-2)14(20-3)13(11)16/h4-5,10,17-18H,6-9H2,1-3H3. The van der Waals surface area contributed by atoms with Gasteiger partial charge in [-0.15, -0.1) is 0 Å². The molecule has 5 nitrogen and oxygen atoms in total. The minimum atomic E-state index is -0.816. The second-order valence-corrected chi connectivity index (χ2v) is 5.62. The molecule has 0 aliphatic carbocycles. The zero-order chi connectivity index (χ0) is 15.5. The summed E-state index contributed by atoms with van der Waals surface area (Å²) in [5.74, 6) is 1.12. The SMILES string of the molecule is COc1ccc(CNCC2(O)CCOC2C)c(Cl)c1OC. The number of methoxy groups -OCH3 is 2. The first kappa shape index (κ1) is 16.4. The third-order valence-electron chi connectivity index (χ3n) is 3.97. The lowest BCUT2D eigenvalue weighted by Crippen LogP contribution is -2.45. The van der Waals surface area contributed by atoms with E-state index in [4.69, 9.17) is 25.8 Å². The van der Waals surface area contributed by atoms with E-state index < -0.39 is 5.60 Å². The van der Waals surface area contributed by atoms with Crippen molar-refractivity contribution in [3.63, 3.8) is 0 Å². The third-order valence-corrected chi connectivity index (χ3v) is 4.39. The smallest absolute Gasteiger partial charge is 0.179 e.